The molecule has 0 spiro atoms. The van der Waals surface area contributed by atoms with Crippen molar-refractivity contribution in [2.75, 3.05) is 27.2 Å². The van der Waals surface area contributed by atoms with Gasteiger partial charge in [0.2, 0.25) is 20.0 Å². The van der Waals surface area contributed by atoms with E-state index in [0.29, 0.717) is 24.9 Å². The SMILES string of the molecule is CNS(=O)(=O)c1ccc(S(=O)(=O)N2CCC(OC)CC2CN)cc1C.Cl. The van der Waals surface area contributed by atoms with Crippen LogP contribution >= 0.6 is 12.4 Å². The lowest BCUT2D eigenvalue weighted by Crippen LogP contribution is -2.51. The Balaban J connectivity index is 0.00000338. The fourth-order valence-corrected chi connectivity index (χ4v) is 5.76. The lowest BCUT2D eigenvalue weighted by molar-refractivity contribution is 0.0401. The number of hydrogen-bond acceptors (Lipinski definition) is 6. The van der Waals surface area contributed by atoms with Crippen molar-refractivity contribution in [1.29, 1.82) is 0 Å². The molecular formula is C15H26ClN3O5S2. The van der Waals surface area contributed by atoms with Gasteiger partial charge in [-0.2, -0.15) is 4.31 Å². The highest BCUT2D eigenvalue weighted by Crippen LogP contribution is 2.28. The molecule has 0 aromatic heterocycles. The summed E-state index contributed by atoms with van der Waals surface area (Å²) >= 11 is 0. The molecule has 1 fully saturated rings. The Morgan fingerprint density at radius 1 is 1.31 bits per heavy atom. The van der Waals surface area contributed by atoms with Crippen LogP contribution in [-0.4, -0.2) is 60.5 Å². The monoisotopic (exact) mass is 427 g/mol. The average molecular weight is 428 g/mol. The molecule has 1 aromatic rings. The average Bonchev–Trinajstić information content (AvgIpc) is 2.60. The Morgan fingerprint density at radius 3 is 2.46 bits per heavy atom. The van der Waals surface area contributed by atoms with Gasteiger partial charge < -0.3 is 10.5 Å². The topological polar surface area (TPSA) is 119 Å². The standard InChI is InChI=1S/C15H25N3O5S2.ClH/c1-11-8-14(4-5-15(11)24(19,20)17-2)25(21,22)18-7-6-13(23-3)9-12(18)10-16;/h4-5,8,12-13,17H,6-7,9-10,16H2,1-3H3;1H. The molecule has 0 amide bonds. The summed E-state index contributed by atoms with van der Waals surface area (Å²) < 4.78 is 58.8. The summed E-state index contributed by atoms with van der Waals surface area (Å²) in [6, 6.07) is 3.68. The second-order valence-corrected chi connectivity index (χ2v) is 9.77. The highest BCUT2D eigenvalue weighted by atomic mass is 35.5. The summed E-state index contributed by atoms with van der Waals surface area (Å²) in [6.07, 6.45) is 1.12. The summed E-state index contributed by atoms with van der Waals surface area (Å²) in [7, 11) is -4.49. The Hall–Kier alpha value is -0.750. The third-order valence-electron chi connectivity index (χ3n) is 4.53. The van der Waals surface area contributed by atoms with E-state index in [4.69, 9.17) is 10.5 Å². The Morgan fingerprint density at radius 2 is 1.96 bits per heavy atom. The van der Waals surface area contributed by atoms with E-state index in [1.807, 2.05) is 0 Å². The number of benzene rings is 1. The number of piperidine rings is 1. The minimum atomic E-state index is -3.76. The number of nitrogens with one attached hydrogen (secondary N) is 1. The van der Waals surface area contributed by atoms with Crippen molar-refractivity contribution in [1.82, 2.24) is 9.03 Å². The largest absolute Gasteiger partial charge is 0.381 e. The molecule has 1 aliphatic heterocycles. The van der Waals surface area contributed by atoms with Crippen LogP contribution in [-0.2, 0) is 24.8 Å². The van der Waals surface area contributed by atoms with Gasteiger partial charge in [-0.25, -0.2) is 21.6 Å². The summed E-state index contributed by atoms with van der Waals surface area (Å²) in [5, 5.41) is 0. The highest BCUT2D eigenvalue weighted by molar-refractivity contribution is 7.89. The zero-order valence-corrected chi connectivity index (χ0v) is 17.5. The molecule has 1 saturated heterocycles. The quantitative estimate of drug-likeness (QED) is 0.680. The third-order valence-corrected chi connectivity index (χ3v) is 8.05. The molecule has 0 radical (unpaired) electrons. The Kier molecular flexibility index (Phi) is 8.03. The van der Waals surface area contributed by atoms with Gasteiger partial charge >= 0.3 is 0 Å². The van der Waals surface area contributed by atoms with Crippen LogP contribution in [0.3, 0.4) is 0 Å². The molecule has 0 saturated carbocycles. The van der Waals surface area contributed by atoms with Gasteiger partial charge in [-0.3, -0.25) is 0 Å². The third kappa shape index (κ3) is 4.56. The number of ether oxygens (including phenoxy) is 1. The van der Waals surface area contributed by atoms with Crippen LogP contribution in [0.1, 0.15) is 18.4 Å². The van der Waals surface area contributed by atoms with Crippen LogP contribution in [0, 0.1) is 6.92 Å². The van der Waals surface area contributed by atoms with E-state index in [2.05, 4.69) is 4.72 Å². The Labute approximate surface area is 161 Å². The van der Waals surface area contributed by atoms with E-state index >= 15 is 0 Å². The zero-order valence-electron chi connectivity index (χ0n) is 15.0. The number of nitrogens with two attached hydrogens (primary N) is 1. The molecule has 26 heavy (non-hydrogen) atoms. The van der Waals surface area contributed by atoms with E-state index in [-0.39, 0.29) is 40.9 Å². The van der Waals surface area contributed by atoms with Gasteiger partial charge in [0.1, 0.15) is 0 Å². The fourth-order valence-electron chi connectivity index (χ4n) is 3.07. The first-order valence-corrected chi connectivity index (χ1v) is 10.9. The molecule has 1 heterocycles. The van der Waals surface area contributed by atoms with E-state index in [0.717, 1.165) is 0 Å². The number of halogens is 1. The first-order chi connectivity index (χ1) is 11.7. The molecule has 1 aliphatic rings. The van der Waals surface area contributed by atoms with Crippen molar-refractivity contribution < 1.29 is 21.6 Å². The normalized spacial score (nSPS) is 22.0. The van der Waals surface area contributed by atoms with Gasteiger partial charge in [0.15, 0.2) is 0 Å². The van der Waals surface area contributed by atoms with Crippen LogP contribution in [0.2, 0.25) is 0 Å². The molecule has 2 atom stereocenters. The van der Waals surface area contributed by atoms with Crippen molar-refractivity contribution in [3.8, 4) is 0 Å². The number of nitrogens with zero attached hydrogens (tertiary/aromatic N) is 1. The fraction of sp³-hybridized carbons (Fsp3) is 0.600. The second-order valence-electron chi connectivity index (χ2n) is 6.02. The maximum absolute atomic E-state index is 13.0. The maximum atomic E-state index is 13.0. The number of aryl methyl sites for hydroxylation is 1. The number of methoxy groups -OCH3 is 1. The summed E-state index contributed by atoms with van der Waals surface area (Å²) in [6.45, 7) is 2.09. The maximum Gasteiger partial charge on any atom is 0.243 e. The highest BCUT2D eigenvalue weighted by Gasteiger charge is 2.36. The smallest absolute Gasteiger partial charge is 0.243 e. The summed E-state index contributed by atoms with van der Waals surface area (Å²) in [4.78, 5) is 0.122. The molecule has 0 aliphatic carbocycles. The van der Waals surface area contributed by atoms with E-state index in [1.165, 1.54) is 29.6 Å². The van der Waals surface area contributed by atoms with Crippen LogP contribution in [0.4, 0.5) is 0 Å². The summed E-state index contributed by atoms with van der Waals surface area (Å²) in [5.74, 6) is 0. The number of sulfonamides is 2. The summed E-state index contributed by atoms with van der Waals surface area (Å²) in [5.41, 5.74) is 6.13. The van der Waals surface area contributed by atoms with Crippen LogP contribution in [0.5, 0.6) is 0 Å². The minimum absolute atomic E-state index is 0. The zero-order chi connectivity index (χ0) is 18.8. The first-order valence-electron chi connectivity index (χ1n) is 7.96. The van der Waals surface area contributed by atoms with Gasteiger partial charge in [-0.1, -0.05) is 0 Å². The van der Waals surface area contributed by atoms with Crippen molar-refractivity contribution in [3.63, 3.8) is 0 Å². The van der Waals surface area contributed by atoms with E-state index in [9.17, 15) is 16.8 Å². The number of hydrogen-bond donors (Lipinski definition) is 2. The van der Waals surface area contributed by atoms with Crippen LogP contribution < -0.4 is 10.5 Å². The lowest BCUT2D eigenvalue weighted by atomic mass is 10.0. The van der Waals surface area contributed by atoms with Crippen LogP contribution in [0.25, 0.3) is 0 Å². The molecular weight excluding hydrogens is 402 g/mol. The molecule has 2 rings (SSSR count). The molecule has 0 bridgehead atoms. The van der Waals surface area contributed by atoms with Crippen molar-refractivity contribution >= 4 is 32.5 Å². The lowest BCUT2D eigenvalue weighted by Gasteiger charge is -2.37. The molecule has 2 unspecified atom stereocenters. The second kappa shape index (κ2) is 8.96. The van der Waals surface area contributed by atoms with Gasteiger partial charge in [0, 0.05) is 26.2 Å². The Bertz CT molecular complexity index is 830. The van der Waals surface area contributed by atoms with Crippen molar-refractivity contribution in [2.45, 2.75) is 41.7 Å². The van der Waals surface area contributed by atoms with E-state index < -0.39 is 20.0 Å². The van der Waals surface area contributed by atoms with Gasteiger partial charge in [-0.15, -0.1) is 12.4 Å². The van der Waals surface area contributed by atoms with E-state index in [1.54, 1.807) is 14.0 Å². The van der Waals surface area contributed by atoms with Gasteiger partial charge in [0.25, 0.3) is 0 Å². The minimum Gasteiger partial charge on any atom is -0.381 e. The first kappa shape index (κ1) is 23.3. The van der Waals surface area contributed by atoms with Gasteiger partial charge in [0.05, 0.1) is 15.9 Å². The van der Waals surface area contributed by atoms with Crippen molar-refractivity contribution in [3.05, 3.63) is 23.8 Å². The van der Waals surface area contributed by atoms with Crippen molar-refractivity contribution in [2.24, 2.45) is 5.73 Å². The predicted octanol–water partition coefficient (Wildman–Crippen LogP) is 0.452. The van der Waals surface area contributed by atoms with Gasteiger partial charge in [-0.05, 0) is 50.6 Å². The molecule has 3 N–H and O–H groups in total. The predicted molar refractivity (Wildman–Crippen MR) is 101 cm³/mol. The van der Waals surface area contributed by atoms with Crippen LogP contribution in [0.15, 0.2) is 28.0 Å². The number of rotatable bonds is 6. The molecule has 1 aromatic carbocycles. The molecule has 150 valence electrons. The molecule has 8 nitrogen and oxygen atoms in total. The molecule has 11 heteroatoms.